The van der Waals surface area contributed by atoms with Gasteiger partial charge in [0.2, 0.25) is 10.0 Å². The summed E-state index contributed by atoms with van der Waals surface area (Å²) >= 11 is 0. The topological polar surface area (TPSA) is 75.6 Å². The van der Waals surface area contributed by atoms with E-state index in [9.17, 15) is 13.5 Å². The molecule has 1 saturated heterocycles. The minimum absolute atomic E-state index is 0.0106. The molecular formula is C13H19NO4S. The molecule has 19 heavy (non-hydrogen) atoms. The molecular weight excluding hydrogens is 266 g/mol. The third-order valence-corrected chi connectivity index (χ3v) is 4.75. The van der Waals surface area contributed by atoms with Gasteiger partial charge in [0.05, 0.1) is 11.9 Å². The third-order valence-electron chi connectivity index (χ3n) is 3.46. The highest BCUT2D eigenvalue weighted by Gasteiger charge is 2.40. The molecule has 1 aliphatic rings. The number of hydrogen-bond acceptors (Lipinski definition) is 4. The molecule has 1 aromatic rings. The Bertz CT molecular complexity index is 517. The fourth-order valence-corrected chi connectivity index (χ4v) is 3.29. The molecule has 0 saturated carbocycles. The largest absolute Gasteiger partial charge is 0.386 e. The number of rotatable bonds is 5. The van der Waals surface area contributed by atoms with Crippen molar-refractivity contribution in [1.29, 1.82) is 0 Å². The van der Waals surface area contributed by atoms with Gasteiger partial charge in [0.15, 0.2) is 0 Å². The molecule has 0 amide bonds. The van der Waals surface area contributed by atoms with Crippen molar-refractivity contribution in [2.75, 3.05) is 13.2 Å². The Labute approximate surface area is 113 Å². The second-order valence-corrected chi connectivity index (χ2v) is 6.74. The molecule has 1 heterocycles. The predicted molar refractivity (Wildman–Crippen MR) is 72.0 cm³/mol. The Hall–Kier alpha value is -0.950. The van der Waals surface area contributed by atoms with E-state index in [1.54, 1.807) is 31.2 Å². The summed E-state index contributed by atoms with van der Waals surface area (Å²) in [7, 11) is -3.45. The quantitative estimate of drug-likeness (QED) is 0.833. The van der Waals surface area contributed by atoms with Crippen LogP contribution in [0.2, 0.25) is 0 Å². The van der Waals surface area contributed by atoms with Crippen LogP contribution in [0.3, 0.4) is 0 Å². The Kier molecular flexibility index (Phi) is 4.25. The highest BCUT2D eigenvalue weighted by Crippen LogP contribution is 2.25. The summed E-state index contributed by atoms with van der Waals surface area (Å²) in [5.74, 6) is -0.0842. The van der Waals surface area contributed by atoms with Crippen molar-refractivity contribution >= 4 is 10.0 Å². The van der Waals surface area contributed by atoms with Gasteiger partial charge in [-0.25, -0.2) is 13.1 Å². The first-order chi connectivity index (χ1) is 8.91. The predicted octanol–water partition coefficient (Wildman–Crippen LogP) is 0.646. The third kappa shape index (κ3) is 3.76. The minimum atomic E-state index is -3.45. The zero-order valence-electron chi connectivity index (χ0n) is 10.9. The molecule has 0 aromatic heterocycles. The number of aliphatic hydroxyl groups is 1. The summed E-state index contributed by atoms with van der Waals surface area (Å²) in [6, 6.07) is 8.95. The van der Waals surface area contributed by atoms with E-state index in [0.717, 1.165) is 5.56 Å². The van der Waals surface area contributed by atoms with Gasteiger partial charge in [-0.05, 0) is 12.5 Å². The fourth-order valence-electron chi connectivity index (χ4n) is 2.08. The van der Waals surface area contributed by atoms with E-state index < -0.39 is 15.6 Å². The van der Waals surface area contributed by atoms with Gasteiger partial charge in [-0.1, -0.05) is 30.3 Å². The van der Waals surface area contributed by atoms with Crippen LogP contribution >= 0.6 is 0 Å². The van der Waals surface area contributed by atoms with Crippen LogP contribution < -0.4 is 4.72 Å². The van der Waals surface area contributed by atoms with E-state index in [-0.39, 0.29) is 18.4 Å². The van der Waals surface area contributed by atoms with E-state index in [1.165, 1.54) is 0 Å². The molecule has 0 bridgehead atoms. The molecule has 5 nitrogen and oxygen atoms in total. The number of nitrogens with one attached hydrogen (secondary N) is 1. The molecule has 0 spiro atoms. The van der Waals surface area contributed by atoms with Crippen molar-refractivity contribution in [2.45, 2.75) is 30.8 Å². The van der Waals surface area contributed by atoms with E-state index in [0.29, 0.717) is 13.0 Å². The first-order valence-electron chi connectivity index (χ1n) is 6.27. The lowest BCUT2D eigenvalue weighted by atomic mass is 9.97. The Morgan fingerprint density at radius 1 is 1.42 bits per heavy atom. The van der Waals surface area contributed by atoms with Crippen molar-refractivity contribution in [1.82, 2.24) is 4.72 Å². The molecule has 1 fully saturated rings. The van der Waals surface area contributed by atoms with Crippen molar-refractivity contribution in [3.05, 3.63) is 35.9 Å². The Balaban J connectivity index is 1.95. The van der Waals surface area contributed by atoms with Gasteiger partial charge in [0, 0.05) is 19.6 Å². The van der Waals surface area contributed by atoms with Crippen LogP contribution in [-0.2, 0) is 20.5 Å². The molecule has 106 valence electrons. The minimum Gasteiger partial charge on any atom is -0.386 e. The maximum absolute atomic E-state index is 11.9. The molecule has 2 rings (SSSR count). The summed E-state index contributed by atoms with van der Waals surface area (Å²) in [5.41, 5.74) is -0.387. The Morgan fingerprint density at radius 2 is 2.11 bits per heavy atom. The molecule has 0 aliphatic carbocycles. The lowest BCUT2D eigenvalue weighted by Gasteiger charge is -2.26. The highest BCUT2D eigenvalue weighted by molar-refractivity contribution is 7.88. The van der Waals surface area contributed by atoms with Crippen molar-refractivity contribution < 1.29 is 18.3 Å². The van der Waals surface area contributed by atoms with Gasteiger partial charge in [-0.2, -0.15) is 0 Å². The normalized spacial score (nSPS) is 27.6. The van der Waals surface area contributed by atoms with Gasteiger partial charge >= 0.3 is 0 Å². The van der Waals surface area contributed by atoms with Gasteiger partial charge in [0.25, 0.3) is 0 Å². The number of ether oxygens (including phenoxy) is 1. The number of sulfonamides is 1. The molecule has 6 heteroatoms. The van der Waals surface area contributed by atoms with E-state index in [2.05, 4.69) is 4.72 Å². The first-order valence-corrected chi connectivity index (χ1v) is 7.92. The summed E-state index contributed by atoms with van der Waals surface area (Å²) in [6.45, 7) is 2.19. The van der Waals surface area contributed by atoms with Gasteiger partial charge in [-0.3, -0.25) is 0 Å². The molecule has 2 unspecified atom stereocenters. The monoisotopic (exact) mass is 285 g/mol. The standard InChI is InChI=1S/C13H19NO4S/c1-11-13(15,7-8-18-11)10-14-19(16,17)9-12-5-3-2-4-6-12/h2-6,11,14-15H,7-10H2,1H3. The average molecular weight is 285 g/mol. The van der Waals surface area contributed by atoms with Crippen LogP contribution in [0.15, 0.2) is 30.3 Å². The molecule has 2 atom stereocenters. The van der Waals surface area contributed by atoms with E-state index in [4.69, 9.17) is 4.74 Å². The SMILES string of the molecule is CC1OCCC1(O)CNS(=O)(=O)Cc1ccccc1. The van der Waals surface area contributed by atoms with Crippen LogP contribution in [-0.4, -0.2) is 38.4 Å². The molecule has 1 aromatic carbocycles. The first kappa shape index (κ1) is 14.5. The second-order valence-electron chi connectivity index (χ2n) is 4.93. The lowest BCUT2D eigenvalue weighted by Crippen LogP contribution is -2.47. The zero-order chi connectivity index (χ0) is 13.9. The maximum atomic E-state index is 11.9. The fraction of sp³-hybridized carbons (Fsp3) is 0.538. The van der Waals surface area contributed by atoms with E-state index in [1.807, 2.05) is 6.07 Å². The lowest BCUT2D eigenvalue weighted by molar-refractivity contribution is -0.0228. The zero-order valence-corrected chi connectivity index (χ0v) is 11.7. The second kappa shape index (κ2) is 5.58. The average Bonchev–Trinajstić information content (AvgIpc) is 2.69. The summed E-state index contributed by atoms with van der Waals surface area (Å²) in [4.78, 5) is 0. The van der Waals surface area contributed by atoms with Crippen molar-refractivity contribution in [3.63, 3.8) is 0 Å². The molecule has 1 aliphatic heterocycles. The van der Waals surface area contributed by atoms with Crippen LogP contribution in [0.4, 0.5) is 0 Å². The van der Waals surface area contributed by atoms with Crippen molar-refractivity contribution in [3.8, 4) is 0 Å². The highest BCUT2D eigenvalue weighted by atomic mass is 32.2. The van der Waals surface area contributed by atoms with Crippen LogP contribution in [0.1, 0.15) is 18.9 Å². The van der Waals surface area contributed by atoms with Crippen LogP contribution in [0.5, 0.6) is 0 Å². The van der Waals surface area contributed by atoms with Gasteiger partial charge < -0.3 is 9.84 Å². The molecule has 2 N–H and O–H groups in total. The number of benzene rings is 1. The Morgan fingerprint density at radius 3 is 2.68 bits per heavy atom. The summed E-state index contributed by atoms with van der Waals surface area (Å²) < 4.78 is 31.6. The maximum Gasteiger partial charge on any atom is 0.215 e. The summed E-state index contributed by atoms with van der Waals surface area (Å²) in [5, 5.41) is 10.2. The van der Waals surface area contributed by atoms with Crippen LogP contribution in [0.25, 0.3) is 0 Å². The molecule has 0 radical (unpaired) electrons. The van der Waals surface area contributed by atoms with Gasteiger partial charge in [0.1, 0.15) is 5.60 Å². The van der Waals surface area contributed by atoms with Crippen LogP contribution in [0, 0.1) is 0 Å². The number of hydrogen-bond donors (Lipinski definition) is 2. The van der Waals surface area contributed by atoms with Crippen molar-refractivity contribution in [2.24, 2.45) is 0 Å². The smallest absolute Gasteiger partial charge is 0.215 e. The van der Waals surface area contributed by atoms with E-state index >= 15 is 0 Å². The van der Waals surface area contributed by atoms with Gasteiger partial charge in [-0.15, -0.1) is 0 Å². The summed E-state index contributed by atoms with van der Waals surface area (Å²) in [6.07, 6.45) is 0.0918.